The van der Waals surface area contributed by atoms with E-state index in [2.05, 4.69) is 0 Å². The van der Waals surface area contributed by atoms with Crippen LogP contribution in [-0.4, -0.2) is 29.6 Å². The maximum absolute atomic E-state index is 13.5. The van der Waals surface area contributed by atoms with Crippen LogP contribution < -0.4 is 9.64 Å². The summed E-state index contributed by atoms with van der Waals surface area (Å²) in [7, 11) is 0. The number of hydrogen-bond acceptors (Lipinski definition) is 5. The number of carbonyl (C=O) groups is 2. The third-order valence-corrected chi connectivity index (χ3v) is 6.20. The highest BCUT2D eigenvalue weighted by Gasteiger charge is 2.63. The molecule has 3 aromatic carbocycles. The number of carboxylic acid groups (broad SMARTS) is 1. The molecule has 1 amide bonds. The Labute approximate surface area is 197 Å². The van der Waals surface area contributed by atoms with Crippen molar-refractivity contribution in [2.45, 2.75) is 38.1 Å². The molecule has 1 heterocycles. The van der Waals surface area contributed by atoms with Crippen LogP contribution >= 0.6 is 0 Å². The van der Waals surface area contributed by atoms with Crippen LogP contribution in [0.5, 0.6) is 5.75 Å². The molecule has 3 aromatic rings. The number of amides is 1. The molecule has 5 rings (SSSR count). The lowest BCUT2D eigenvalue weighted by Crippen LogP contribution is -2.32. The number of hydrogen-bond donors (Lipinski definition) is 1. The number of para-hydroxylation sites is 2. The molecule has 1 aliphatic heterocycles. The summed E-state index contributed by atoms with van der Waals surface area (Å²) in [6.07, 6.45) is 0.993. The first-order valence-electron chi connectivity index (χ1n) is 11.3. The zero-order valence-electron chi connectivity index (χ0n) is 18.8. The molecule has 1 fully saturated rings. The van der Waals surface area contributed by atoms with E-state index >= 15 is 0 Å². The number of benzene rings is 3. The third kappa shape index (κ3) is 4.10. The van der Waals surface area contributed by atoms with Crippen molar-refractivity contribution in [1.29, 1.82) is 0 Å². The summed E-state index contributed by atoms with van der Waals surface area (Å²) in [6, 6.07) is 22.5. The first-order chi connectivity index (χ1) is 16.5. The second-order valence-electron chi connectivity index (χ2n) is 8.50. The lowest BCUT2D eigenvalue weighted by atomic mass is 9.98. The Morgan fingerprint density at radius 2 is 1.68 bits per heavy atom. The van der Waals surface area contributed by atoms with Crippen LogP contribution in [0.15, 0.2) is 72.8 Å². The van der Waals surface area contributed by atoms with Gasteiger partial charge in [-0.1, -0.05) is 48.5 Å². The van der Waals surface area contributed by atoms with Crippen molar-refractivity contribution in [3.63, 3.8) is 0 Å². The Kier molecular flexibility index (Phi) is 5.71. The predicted molar refractivity (Wildman–Crippen MR) is 125 cm³/mol. The largest absolute Gasteiger partial charge is 0.481 e. The van der Waals surface area contributed by atoms with E-state index in [-0.39, 0.29) is 0 Å². The number of epoxide rings is 1. The van der Waals surface area contributed by atoms with Crippen molar-refractivity contribution >= 4 is 23.4 Å². The minimum Gasteiger partial charge on any atom is -0.481 e. The molecule has 1 saturated heterocycles. The van der Waals surface area contributed by atoms with Crippen LogP contribution in [0.2, 0.25) is 0 Å². The molecular weight excluding hydrogens is 434 g/mol. The number of ether oxygens (including phenoxy) is 3. The van der Waals surface area contributed by atoms with E-state index in [0.717, 1.165) is 16.7 Å². The van der Waals surface area contributed by atoms with Crippen LogP contribution in [-0.2, 0) is 20.7 Å². The molecule has 1 N–H and O–H groups in total. The molecule has 0 spiro atoms. The standard InChI is InChI=1S/C27H25NO6/c1-18-14-15-22-21(24(18)32-17-23(29)30)13-8-16-27(25(22)33-27)34-26(31)28(19-9-4-2-5-10-19)20-11-6-3-7-12-20/h2-7,9-12,14-15,25H,8,13,16-17H2,1H3,(H,29,30). The average Bonchev–Trinajstić information content (AvgIpc) is 3.54. The van der Waals surface area contributed by atoms with Gasteiger partial charge in [0.15, 0.2) is 12.7 Å². The number of anilines is 2. The third-order valence-electron chi connectivity index (χ3n) is 6.20. The van der Waals surface area contributed by atoms with Gasteiger partial charge in [0, 0.05) is 12.0 Å². The summed E-state index contributed by atoms with van der Waals surface area (Å²) in [4.78, 5) is 26.1. The fourth-order valence-electron chi connectivity index (χ4n) is 4.60. The van der Waals surface area contributed by atoms with Crippen molar-refractivity contribution in [2.24, 2.45) is 0 Å². The Morgan fingerprint density at radius 3 is 2.29 bits per heavy atom. The maximum Gasteiger partial charge on any atom is 0.421 e. The molecule has 174 valence electrons. The molecule has 2 aliphatic rings. The van der Waals surface area contributed by atoms with Gasteiger partial charge >= 0.3 is 12.1 Å². The van der Waals surface area contributed by atoms with Crippen LogP contribution in [0, 0.1) is 6.92 Å². The smallest absolute Gasteiger partial charge is 0.421 e. The van der Waals surface area contributed by atoms with Gasteiger partial charge in [-0.15, -0.1) is 0 Å². The molecule has 2 atom stereocenters. The van der Waals surface area contributed by atoms with Gasteiger partial charge in [-0.2, -0.15) is 0 Å². The molecule has 1 aliphatic carbocycles. The van der Waals surface area contributed by atoms with Crippen molar-refractivity contribution in [3.05, 3.63) is 89.5 Å². The maximum atomic E-state index is 13.5. The number of aryl methyl sites for hydroxylation is 1. The van der Waals surface area contributed by atoms with Crippen LogP contribution in [0.4, 0.5) is 16.2 Å². The Bertz CT molecular complexity index is 1170. The van der Waals surface area contributed by atoms with E-state index in [9.17, 15) is 9.59 Å². The average molecular weight is 459 g/mol. The molecule has 7 heteroatoms. The van der Waals surface area contributed by atoms with Gasteiger partial charge in [0.2, 0.25) is 5.79 Å². The molecule has 34 heavy (non-hydrogen) atoms. The van der Waals surface area contributed by atoms with Crippen molar-refractivity contribution in [1.82, 2.24) is 0 Å². The summed E-state index contributed by atoms with van der Waals surface area (Å²) in [5.41, 5.74) is 4.05. The van der Waals surface area contributed by atoms with E-state index in [0.29, 0.717) is 36.4 Å². The minimum atomic E-state index is -1.05. The van der Waals surface area contributed by atoms with Gasteiger partial charge < -0.3 is 19.3 Å². The Morgan fingerprint density at radius 1 is 1.03 bits per heavy atom. The summed E-state index contributed by atoms with van der Waals surface area (Å²) in [6.45, 7) is 1.48. The lowest BCUT2D eigenvalue weighted by molar-refractivity contribution is -0.139. The molecular formula is C27H25NO6. The monoisotopic (exact) mass is 459 g/mol. The highest BCUT2D eigenvalue weighted by atomic mass is 16.8. The van der Waals surface area contributed by atoms with E-state index in [1.165, 1.54) is 4.90 Å². The lowest BCUT2D eigenvalue weighted by Gasteiger charge is -2.24. The highest BCUT2D eigenvalue weighted by molar-refractivity contribution is 5.96. The number of nitrogens with zero attached hydrogens (tertiary/aromatic N) is 1. The first-order valence-corrected chi connectivity index (χ1v) is 11.3. The van der Waals surface area contributed by atoms with E-state index < -0.39 is 30.6 Å². The molecule has 2 unspecified atom stereocenters. The molecule has 7 nitrogen and oxygen atoms in total. The number of aliphatic carboxylic acids is 1. The zero-order valence-corrected chi connectivity index (χ0v) is 18.8. The summed E-state index contributed by atoms with van der Waals surface area (Å²) >= 11 is 0. The normalized spacial score (nSPS) is 20.3. The topological polar surface area (TPSA) is 88.6 Å². The van der Waals surface area contributed by atoms with Crippen molar-refractivity contribution in [3.8, 4) is 5.75 Å². The summed E-state index contributed by atoms with van der Waals surface area (Å²) in [5.74, 6) is -1.50. The Hall–Kier alpha value is -3.84. The minimum absolute atomic E-state index is 0.411. The van der Waals surface area contributed by atoms with Gasteiger partial charge in [0.1, 0.15) is 5.75 Å². The zero-order chi connectivity index (χ0) is 23.7. The van der Waals surface area contributed by atoms with Crippen LogP contribution in [0.1, 0.15) is 35.6 Å². The number of rotatable bonds is 6. The van der Waals surface area contributed by atoms with Crippen molar-refractivity contribution in [2.75, 3.05) is 11.5 Å². The molecule has 0 bridgehead atoms. The van der Waals surface area contributed by atoms with Gasteiger partial charge in [-0.3, -0.25) is 0 Å². The second kappa shape index (κ2) is 8.83. The number of carbonyl (C=O) groups excluding carboxylic acids is 1. The second-order valence-corrected chi connectivity index (χ2v) is 8.50. The van der Waals surface area contributed by atoms with Crippen molar-refractivity contribution < 1.29 is 28.9 Å². The van der Waals surface area contributed by atoms with Gasteiger partial charge in [0.05, 0.1) is 11.4 Å². The Balaban J connectivity index is 1.43. The summed E-state index contributed by atoms with van der Waals surface area (Å²) < 4.78 is 17.7. The van der Waals surface area contributed by atoms with Gasteiger partial charge in [0.25, 0.3) is 0 Å². The summed E-state index contributed by atoms with van der Waals surface area (Å²) in [5, 5.41) is 9.05. The fourth-order valence-corrected chi connectivity index (χ4v) is 4.60. The molecule has 0 aromatic heterocycles. The number of carboxylic acids is 1. The van der Waals surface area contributed by atoms with E-state index in [1.54, 1.807) is 0 Å². The van der Waals surface area contributed by atoms with Gasteiger partial charge in [-0.05, 0) is 55.2 Å². The predicted octanol–water partition coefficient (Wildman–Crippen LogP) is 5.54. The van der Waals surface area contributed by atoms with Crippen LogP contribution in [0.3, 0.4) is 0 Å². The quantitative estimate of drug-likeness (QED) is 0.487. The van der Waals surface area contributed by atoms with Crippen LogP contribution in [0.25, 0.3) is 0 Å². The van der Waals surface area contributed by atoms with E-state index in [4.69, 9.17) is 19.3 Å². The number of fused-ring (bicyclic) bond motifs is 3. The fraction of sp³-hybridized carbons (Fsp3) is 0.259. The SMILES string of the molecule is Cc1ccc2c(c1OCC(=O)O)CCCC1(OC(=O)N(c3ccccc3)c3ccccc3)OC21. The molecule has 0 radical (unpaired) electrons. The van der Waals surface area contributed by atoms with E-state index in [1.807, 2.05) is 79.7 Å². The first kappa shape index (κ1) is 22.0. The molecule has 0 saturated carbocycles. The van der Waals surface area contributed by atoms with Gasteiger partial charge in [-0.25, -0.2) is 14.5 Å². The highest BCUT2D eigenvalue weighted by Crippen LogP contribution is 2.58.